The van der Waals surface area contributed by atoms with Gasteiger partial charge < -0.3 is 4.57 Å². The van der Waals surface area contributed by atoms with E-state index in [-0.39, 0.29) is 5.82 Å². The second kappa shape index (κ2) is 6.57. The van der Waals surface area contributed by atoms with Crippen molar-refractivity contribution in [3.63, 3.8) is 0 Å². The maximum Gasteiger partial charge on any atom is 0.123 e. The highest BCUT2D eigenvalue weighted by atomic mass is 19.1. The smallest absolute Gasteiger partial charge is 0.123 e. The Morgan fingerprint density at radius 1 is 1.04 bits per heavy atom. The Kier molecular flexibility index (Phi) is 4.13. The molecule has 0 unspecified atom stereocenters. The Labute approximate surface area is 141 Å². The summed E-state index contributed by atoms with van der Waals surface area (Å²) in [6.45, 7) is 2.66. The number of nitrogens with zero attached hydrogens (tertiary/aromatic N) is 3. The zero-order valence-electron chi connectivity index (χ0n) is 13.5. The van der Waals surface area contributed by atoms with Gasteiger partial charge in [-0.2, -0.15) is 0 Å². The van der Waals surface area contributed by atoms with E-state index in [2.05, 4.69) is 38.7 Å². The molecule has 1 aliphatic heterocycles. The molecule has 0 bridgehead atoms. The predicted molar refractivity (Wildman–Crippen MR) is 91.8 cm³/mol. The van der Waals surface area contributed by atoms with Crippen LogP contribution in [0.2, 0.25) is 0 Å². The summed E-state index contributed by atoms with van der Waals surface area (Å²) in [6.07, 6.45) is 6.73. The molecule has 1 atom stereocenters. The fourth-order valence-electron chi connectivity index (χ4n) is 3.47. The summed E-state index contributed by atoms with van der Waals surface area (Å²) in [6, 6.07) is 15.9. The predicted octanol–water partition coefficient (Wildman–Crippen LogP) is 3.65. The second-order valence-corrected chi connectivity index (χ2v) is 6.42. The van der Waals surface area contributed by atoms with E-state index in [0.29, 0.717) is 6.04 Å². The van der Waals surface area contributed by atoms with Gasteiger partial charge in [0.2, 0.25) is 0 Å². The van der Waals surface area contributed by atoms with Crippen LogP contribution in [-0.2, 0) is 26.1 Å². The first-order valence-corrected chi connectivity index (χ1v) is 8.29. The van der Waals surface area contributed by atoms with Crippen molar-refractivity contribution in [2.24, 2.45) is 0 Å². The Morgan fingerprint density at radius 3 is 2.58 bits per heavy atom. The molecule has 0 spiro atoms. The van der Waals surface area contributed by atoms with Crippen molar-refractivity contribution in [1.82, 2.24) is 14.5 Å². The summed E-state index contributed by atoms with van der Waals surface area (Å²) in [5, 5.41) is 0. The van der Waals surface area contributed by atoms with Gasteiger partial charge in [0.25, 0.3) is 0 Å². The highest BCUT2D eigenvalue weighted by Gasteiger charge is 2.26. The van der Waals surface area contributed by atoms with Gasteiger partial charge in [-0.25, -0.2) is 9.37 Å². The minimum Gasteiger partial charge on any atom is -0.336 e. The Bertz CT molecular complexity index is 796. The standard InChI is InChI=1S/C20H20FN3/c21-19-7-5-16(6-8-19)12-24-13-18-4-2-1-3-17(18)11-20(24)14-23-10-9-22-15-23/h1-10,15,20H,11-14H2/t20-/m0/s1. The van der Waals surface area contributed by atoms with E-state index < -0.39 is 0 Å². The molecule has 0 saturated heterocycles. The zero-order chi connectivity index (χ0) is 16.4. The lowest BCUT2D eigenvalue weighted by molar-refractivity contribution is 0.146. The summed E-state index contributed by atoms with van der Waals surface area (Å²) in [7, 11) is 0. The normalized spacial score (nSPS) is 17.6. The van der Waals surface area contributed by atoms with E-state index in [1.54, 1.807) is 0 Å². The van der Waals surface area contributed by atoms with Crippen molar-refractivity contribution in [2.45, 2.75) is 32.1 Å². The highest BCUT2D eigenvalue weighted by Crippen LogP contribution is 2.26. The van der Waals surface area contributed by atoms with Crippen LogP contribution in [0.5, 0.6) is 0 Å². The van der Waals surface area contributed by atoms with Crippen molar-refractivity contribution in [2.75, 3.05) is 0 Å². The van der Waals surface area contributed by atoms with Gasteiger partial charge in [0.15, 0.2) is 0 Å². The van der Waals surface area contributed by atoms with Crippen molar-refractivity contribution in [1.29, 1.82) is 0 Å². The molecular weight excluding hydrogens is 301 g/mol. The topological polar surface area (TPSA) is 21.1 Å². The Morgan fingerprint density at radius 2 is 1.83 bits per heavy atom. The number of halogens is 1. The lowest BCUT2D eigenvalue weighted by atomic mass is 9.93. The molecule has 0 N–H and O–H groups in total. The molecule has 2 aromatic carbocycles. The molecule has 0 fully saturated rings. The molecular formula is C20H20FN3. The van der Waals surface area contributed by atoms with Gasteiger partial charge in [0.1, 0.15) is 5.82 Å². The van der Waals surface area contributed by atoms with Crippen molar-refractivity contribution >= 4 is 0 Å². The summed E-state index contributed by atoms with van der Waals surface area (Å²) in [5.74, 6) is -0.183. The number of benzene rings is 2. The molecule has 1 aromatic heterocycles. The summed E-state index contributed by atoms with van der Waals surface area (Å²) >= 11 is 0. The fourth-order valence-corrected chi connectivity index (χ4v) is 3.47. The van der Waals surface area contributed by atoms with E-state index in [4.69, 9.17) is 0 Å². The number of rotatable bonds is 4. The van der Waals surface area contributed by atoms with Crippen LogP contribution in [0.15, 0.2) is 67.3 Å². The maximum atomic E-state index is 13.2. The van der Waals surface area contributed by atoms with Crippen molar-refractivity contribution in [3.05, 3.63) is 89.8 Å². The largest absolute Gasteiger partial charge is 0.336 e. The first-order chi connectivity index (χ1) is 11.8. The van der Waals surface area contributed by atoms with Crippen LogP contribution in [0.25, 0.3) is 0 Å². The number of hydrogen-bond donors (Lipinski definition) is 0. The molecule has 2 heterocycles. The van der Waals surface area contributed by atoms with E-state index in [1.165, 1.54) is 23.3 Å². The summed E-state index contributed by atoms with van der Waals surface area (Å²) in [4.78, 5) is 6.64. The molecule has 0 saturated carbocycles. The van der Waals surface area contributed by atoms with E-state index in [9.17, 15) is 4.39 Å². The molecule has 122 valence electrons. The van der Waals surface area contributed by atoms with E-state index in [0.717, 1.165) is 31.6 Å². The van der Waals surface area contributed by atoms with Crippen LogP contribution in [-0.4, -0.2) is 20.5 Å². The SMILES string of the molecule is Fc1ccc(CN2Cc3ccccc3C[C@H]2Cn2ccnc2)cc1. The second-order valence-electron chi connectivity index (χ2n) is 6.42. The van der Waals surface area contributed by atoms with Gasteiger partial charge in [-0.15, -0.1) is 0 Å². The average molecular weight is 321 g/mol. The molecule has 24 heavy (non-hydrogen) atoms. The first kappa shape index (κ1) is 15.1. The number of imidazole rings is 1. The van der Waals surface area contributed by atoms with Gasteiger partial charge >= 0.3 is 0 Å². The lowest BCUT2D eigenvalue weighted by Gasteiger charge is -2.37. The molecule has 0 radical (unpaired) electrons. The molecule has 4 heteroatoms. The van der Waals surface area contributed by atoms with Gasteiger partial charge in [-0.3, -0.25) is 4.90 Å². The summed E-state index contributed by atoms with van der Waals surface area (Å²) < 4.78 is 15.3. The molecule has 0 amide bonds. The van der Waals surface area contributed by atoms with Gasteiger partial charge in [-0.05, 0) is 35.2 Å². The van der Waals surface area contributed by atoms with Crippen molar-refractivity contribution < 1.29 is 4.39 Å². The van der Waals surface area contributed by atoms with Crippen LogP contribution >= 0.6 is 0 Å². The van der Waals surface area contributed by atoms with E-state index >= 15 is 0 Å². The highest BCUT2D eigenvalue weighted by molar-refractivity contribution is 5.30. The van der Waals surface area contributed by atoms with Gasteiger partial charge in [0, 0.05) is 38.1 Å². The van der Waals surface area contributed by atoms with Crippen LogP contribution in [0.3, 0.4) is 0 Å². The van der Waals surface area contributed by atoms with Crippen molar-refractivity contribution in [3.8, 4) is 0 Å². The van der Waals surface area contributed by atoms with Crippen LogP contribution in [0.1, 0.15) is 16.7 Å². The molecule has 0 aliphatic carbocycles. The Balaban J connectivity index is 1.59. The minimum absolute atomic E-state index is 0.183. The third kappa shape index (κ3) is 3.24. The third-order valence-electron chi connectivity index (χ3n) is 4.74. The number of hydrogen-bond acceptors (Lipinski definition) is 2. The Hall–Kier alpha value is -2.46. The van der Waals surface area contributed by atoms with Crippen LogP contribution in [0.4, 0.5) is 4.39 Å². The lowest BCUT2D eigenvalue weighted by Crippen LogP contribution is -2.42. The molecule has 1 aliphatic rings. The first-order valence-electron chi connectivity index (χ1n) is 8.29. The van der Waals surface area contributed by atoms with Crippen LogP contribution < -0.4 is 0 Å². The monoisotopic (exact) mass is 321 g/mol. The fraction of sp³-hybridized carbons (Fsp3) is 0.250. The van der Waals surface area contributed by atoms with Crippen LogP contribution in [0, 0.1) is 5.82 Å². The van der Waals surface area contributed by atoms with Gasteiger partial charge in [-0.1, -0.05) is 36.4 Å². The molecule has 3 aromatic rings. The molecule has 3 nitrogen and oxygen atoms in total. The number of aromatic nitrogens is 2. The maximum absolute atomic E-state index is 13.2. The van der Waals surface area contributed by atoms with E-state index in [1.807, 2.05) is 30.9 Å². The quantitative estimate of drug-likeness (QED) is 0.731. The third-order valence-corrected chi connectivity index (χ3v) is 4.74. The average Bonchev–Trinajstić information content (AvgIpc) is 3.10. The minimum atomic E-state index is -0.183. The van der Waals surface area contributed by atoms with Gasteiger partial charge in [0.05, 0.1) is 6.33 Å². The number of fused-ring (bicyclic) bond motifs is 1. The summed E-state index contributed by atoms with van der Waals surface area (Å²) in [5.41, 5.74) is 3.96. The molecule has 4 rings (SSSR count). The zero-order valence-corrected chi connectivity index (χ0v) is 13.5.